The zero-order valence-electron chi connectivity index (χ0n) is 20.9. The van der Waals surface area contributed by atoms with Gasteiger partial charge in [-0.2, -0.15) is 9.40 Å². The van der Waals surface area contributed by atoms with Crippen LogP contribution in [0.2, 0.25) is 0 Å². The number of anilines is 1. The first-order chi connectivity index (χ1) is 16.6. The van der Waals surface area contributed by atoms with E-state index in [0.717, 1.165) is 33.7 Å². The molecule has 0 N–H and O–H groups in total. The molecule has 1 fully saturated rings. The van der Waals surface area contributed by atoms with E-state index in [2.05, 4.69) is 47.0 Å². The summed E-state index contributed by atoms with van der Waals surface area (Å²) in [5, 5.41) is 4.48. The average Bonchev–Trinajstić information content (AvgIpc) is 3.25. The van der Waals surface area contributed by atoms with Crippen molar-refractivity contribution in [1.82, 2.24) is 18.9 Å². The average molecular weight is 490 g/mol. The van der Waals surface area contributed by atoms with Crippen LogP contribution in [0.25, 0.3) is 16.8 Å². The van der Waals surface area contributed by atoms with Crippen LogP contribution in [0, 0.1) is 34.6 Å². The molecule has 1 aliphatic rings. The van der Waals surface area contributed by atoms with Gasteiger partial charge in [-0.05, 0) is 75.1 Å². The zero-order valence-corrected chi connectivity index (χ0v) is 21.7. The maximum absolute atomic E-state index is 13.7. The molecule has 4 aromatic rings. The molecule has 0 bridgehead atoms. The van der Waals surface area contributed by atoms with Crippen molar-refractivity contribution in [1.29, 1.82) is 0 Å². The second-order valence-corrected chi connectivity index (χ2v) is 11.4. The van der Waals surface area contributed by atoms with E-state index in [-0.39, 0.29) is 0 Å². The third kappa shape index (κ3) is 4.21. The quantitative estimate of drug-likeness (QED) is 0.424. The number of hydrogen-bond donors (Lipinski definition) is 0. The highest BCUT2D eigenvalue weighted by Gasteiger charge is 2.30. The predicted molar refractivity (Wildman–Crippen MR) is 140 cm³/mol. The van der Waals surface area contributed by atoms with Gasteiger partial charge in [-0.3, -0.25) is 0 Å². The molecule has 3 heterocycles. The fourth-order valence-corrected chi connectivity index (χ4v) is 6.56. The number of benzene rings is 2. The van der Waals surface area contributed by atoms with E-state index in [1.165, 1.54) is 16.8 Å². The minimum absolute atomic E-state index is 0.346. The number of hydrogen-bond acceptors (Lipinski definition) is 5. The van der Waals surface area contributed by atoms with Crippen LogP contribution >= 0.6 is 0 Å². The van der Waals surface area contributed by atoms with E-state index in [9.17, 15) is 8.42 Å². The Balaban J connectivity index is 1.45. The number of nitrogens with zero attached hydrogens (tertiary/aromatic N) is 5. The number of sulfonamides is 1. The normalized spacial score (nSPS) is 15.2. The highest BCUT2D eigenvalue weighted by atomic mass is 32.2. The maximum Gasteiger partial charge on any atom is 0.243 e. The van der Waals surface area contributed by atoms with Crippen molar-refractivity contribution < 1.29 is 8.42 Å². The molecule has 0 spiro atoms. The van der Waals surface area contributed by atoms with Crippen molar-refractivity contribution in [3.63, 3.8) is 0 Å². The fraction of sp³-hybridized carbons (Fsp3) is 0.333. The molecule has 0 amide bonds. The summed E-state index contributed by atoms with van der Waals surface area (Å²) in [4.78, 5) is 7.29. The fourth-order valence-electron chi connectivity index (χ4n) is 4.89. The predicted octanol–water partition coefficient (Wildman–Crippen LogP) is 4.45. The van der Waals surface area contributed by atoms with Gasteiger partial charge < -0.3 is 4.90 Å². The first-order valence-corrected chi connectivity index (χ1v) is 13.3. The summed E-state index contributed by atoms with van der Waals surface area (Å²) >= 11 is 0. The summed E-state index contributed by atoms with van der Waals surface area (Å²) in [6.45, 7) is 12.2. The zero-order chi connectivity index (χ0) is 24.9. The van der Waals surface area contributed by atoms with Gasteiger partial charge in [0.15, 0.2) is 5.65 Å². The lowest BCUT2D eigenvalue weighted by molar-refractivity contribution is 0.384. The van der Waals surface area contributed by atoms with Crippen LogP contribution in [0.5, 0.6) is 0 Å². The lowest BCUT2D eigenvalue weighted by Gasteiger charge is -2.36. The van der Waals surface area contributed by atoms with Crippen molar-refractivity contribution in [3.05, 3.63) is 76.7 Å². The van der Waals surface area contributed by atoms with Gasteiger partial charge >= 0.3 is 0 Å². The van der Waals surface area contributed by atoms with Gasteiger partial charge in [-0.15, -0.1) is 0 Å². The van der Waals surface area contributed by atoms with Crippen LogP contribution in [0.15, 0.2) is 53.6 Å². The highest BCUT2D eigenvalue weighted by Crippen LogP contribution is 2.31. The molecule has 182 valence electrons. The largest absolute Gasteiger partial charge is 0.369 e. The number of aromatic nitrogens is 3. The highest BCUT2D eigenvalue weighted by molar-refractivity contribution is 7.89. The Hall–Kier alpha value is -3.23. The molecule has 0 atom stereocenters. The molecule has 7 nitrogen and oxygen atoms in total. The molecule has 0 radical (unpaired) electrons. The van der Waals surface area contributed by atoms with Crippen molar-refractivity contribution in [2.75, 3.05) is 31.1 Å². The molecule has 1 saturated heterocycles. The molecule has 1 aliphatic heterocycles. The van der Waals surface area contributed by atoms with E-state index in [1.807, 2.05) is 39.0 Å². The van der Waals surface area contributed by atoms with E-state index < -0.39 is 10.0 Å². The monoisotopic (exact) mass is 489 g/mol. The molecular weight excluding hydrogens is 458 g/mol. The molecule has 2 aromatic carbocycles. The van der Waals surface area contributed by atoms with Crippen LogP contribution < -0.4 is 4.90 Å². The molecule has 0 unspecified atom stereocenters. The standard InChI is InChI=1S/C27H31N5O2S/c1-18-6-7-19(2)25(14-18)30-10-12-31(13-11-30)35(33,34)26-16-23(9-8-20(26)3)24-17-28-32-22(5)15-21(4)29-27(24)32/h6-9,14-17H,10-13H2,1-5H3. The van der Waals surface area contributed by atoms with Gasteiger partial charge in [0, 0.05) is 48.8 Å². The van der Waals surface area contributed by atoms with Crippen LogP contribution in [0.3, 0.4) is 0 Å². The van der Waals surface area contributed by atoms with Gasteiger partial charge in [-0.1, -0.05) is 24.3 Å². The Morgan fingerprint density at radius 3 is 2.29 bits per heavy atom. The number of fused-ring (bicyclic) bond motifs is 1. The first kappa shape index (κ1) is 23.5. The van der Waals surface area contributed by atoms with E-state index in [0.29, 0.717) is 31.1 Å². The summed E-state index contributed by atoms with van der Waals surface area (Å²) < 4.78 is 30.9. The Bertz CT molecular complexity index is 1530. The Kier molecular flexibility index (Phi) is 5.89. The third-order valence-electron chi connectivity index (χ3n) is 6.84. The van der Waals surface area contributed by atoms with Crippen LogP contribution in [0.1, 0.15) is 28.1 Å². The Morgan fingerprint density at radius 1 is 0.829 bits per heavy atom. The Labute approximate surface area is 207 Å². The van der Waals surface area contributed by atoms with Gasteiger partial charge in [0.25, 0.3) is 0 Å². The van der Waals surface area contributed by atoms with E-state index in [4.69, 9.17) is 0 Å². The lowest BCUT2D eigenvalue weighted by Crippen LogP contribution is -2.49. The molecule has 5 rings (SSSR count). The second kappa shape index (κ2) is 8.77. The lowest BCUT2D eigenvalue weighted by atomic mass is 10.1. The number of aryl methyl sites for hydroxylation is 5. The molecular formula is C27H31N5O2S. The first-order valence-electron chi connectivity index (χ1n) is 11.9. The Morgan fingerprint density at radius 2 is 1.54 bits per heavy atom. The third-order valence-corrected chi connectivity index (χ3v) is 8.88. The van der Waals surface area contributed by atoms with Crippen molar-refractivity contribution in [2.45, 2.75) is 39.5 Å². The van der Waals surface area contributed by atoms with Gasteiger partial charge in [0.2, 0.25) is 10.0 Å². The van der Waals surface area contributed by atoms with Crippen LogP contribution in [-0.4, -0.2) is 53.5 Å². The van der Waals surface area contributed by atoms with Crippen molar-refractivity contribution >= 4 is 21.4 Å². The number of rotatable bonds is 4. The van der Waals surface area contributed by atoms with Crippen molar-refractivity contribution in [3.8, 4) is 11.1 Å². The van der Waals surface area contributed by atoms with Gasteiger partial charge in [-0.25, -0.2) is 17.9 Å². The SMILES string of the molecule is Cc1ccc(C)c(N2CCN(S(=O)(=O)c3cc(-c4cnn5c(C)cc(C)nc45)ccc3C)CC2)c1. The van der Waals surface area contributed by atoms with Crippen LogP contribution in [-0.2, 0) is 10.0 Å². The van der Waals surface area contributed by atoms with E-state index in [1.54, 1.807) is 21.1 Å². The topological polar surface area (TPSA) is 70.8 Å². The second-order valence-electron chi connectivity index (χ2n) is 9.49. The molecule has 0 aliphatic carbocycles. The summed E-state index contributed by atoms with van der Waals surface area (Å²) in [5.41, 5.74) is 8.59. The summed E-state index contributed by atoms with van der Waals surface area (Å²) in [5.74, 6) is 0. The summed E-state index contributed by atoms with van der Waals surface area (Å²) in [6, 6.07) is 14.0. The molecule has 8 heteroatoms. The van der Waals surface area contributed by atoms with Crippen LogP contribution in [0.4, 0.5) is 5.69 Å². The molecule has 35 heavy (non-hydrogen) atoms. The van der Waals surface area contributed by atoms with Gasteiger partial charge in [0.05, 0.1) is 11.1 Å². The minimum Gasteiger partial charge on any atom is -0.369 e. The number of piperazine rings is 1. The van der Waals surface area contributed by atoms with E-state index >= 15 is 0 Å². The smallest absolute Gasteiger partial charge is 0.243 e. The molecule has 0 saturated carbocycles. The summed E-state index contributed by atoms with van der Waals surface area (Å²) in [7, 11) is -3.64. The maximum atomic E-state index is 13.7. The minimum atomic E-state index is -3.64. The summed E-state index contributed by atoms with van der Waals surface area (Å²) in [6.07, 6.45) is 1.76. The van der Waals surface area contributed by atoms with Crippen molar-refractivity contribution in [2.24, 2.45) is 0 Å². The van der Waals surface area contributed by atoms with Gasteiger partial charge in [0.1, 0.15) is 0 Å². The molecule has 2 aromatic heterocycles.